The van der Waals surface area contributed by atoms with Gasteiger partial charge in [-0.05, 0) is 32.4 Å². The van der Waals surface area contributed by atoms with Crippen molar-refractivity contribution >= 4 is 10.0 Å². The summed E-state index contributed by atoms with van der Waals surface area (Å²) in [5, 5.41) is 0. The van der Waals surface area contributed by atoms with E-state index in [-0.39, 0.29) is 4.90 Å². The van der Waals surface area contributed by atoms with E-state index in [1.54, 1.807) is 18.2 Å². The molecule has 0 saturated heterocycles. The summed E-state index contributed by atoms with van der Waals surface area (Å²) >= 11 is 0. The summed E-state index contributed by atoms with van der Waals surface area (Å²) in [6.45, 7) is 5.80. The Balaban J connectivity index is 2.99. The maximum atomic E-state index is 12.2. The fraction of sp³-hybridized carbons (Fsp3) is 0.538. The number of sulfonamides is 1. The van der Waals surface area contributed by atoms with Crippen molar-refractivity contribution in [2.75, 3.05) is 7.11 Å². The molecule has 0 amide bonds. The van der Waals surface area contributed by atoms with Gasteiger partial charge in [0.25, 0.3) is 0 Å². The molecule has 1 aromatic carbocycles. The predicted molar refractivity (Wildman–Crippen MR) is 72.3 cm³/mol. The van der Waals surface area contributed by atoms with Gasteiger partial charge in [-0.3, -0.25) is 0 Å². The maximum absolute atomic E-state index is 12.2. The Bertz CT molecular complexity index is 495. The van der Waals surface area contributed by atoms with Gasteiger partial charge in [0.1, 0.15) is 5.75 Å². The lowest BCUT2D eigenvalue weighted by molar-refractivity contribution is 0.410. The van der Waals surface area contributed by atoms with Crippen LogP contribution in [0.3, 0.4) is 0 Å². The van der Waals surface area contributed by atoms with E-state index in [9.17, 15) is 8.42 Å². The van der Waals surface area contributed by atoms with Crippen molar-refractivity contribution in [3.05, 3.63) is 24.3 Å². The van der Waals surface area contributed by atoms with Crippen molar-refractivity contribution in [3.63, 3.8) is 0 Å². The summed E-state index contributed by atoms with van der Waals surface area (Å²) in [6.07, 6.45) is 1.71. The van der Waals surface area contributed by atoms with Crippen molar-refractivity contribution in [2.24, 2.45) is 0 Å². The fourth-order valence-electron chi connectivity index (χ4n) is 1.87. The van der Waals surface area contributed by atoms with Gasteiger partial charge in [-0.25, -0.2) is 13.1 Å². The summed E-state index contributed by atoms with van der Waals surface area (Å²) in [5.41, 5.74) is -0.448. The monoisotopic (exact) mass is 271 g/mol. The van der Waals surface area contributed by atoms with Crippen molar-refractivity contribution < 1.29 is 13.2 Å². The molecule has 0 saturated carbocycles. The van der Waals surface area contributed by atoms with Crippen molar-refractivity contribution in [1.29, 1.82) is 0 Å². The van der Waals surface area contributed by atoms with Gasteiger partial charge in [0.2, 0.25) is 10.0 Å². The van der Waals surface area contributed by atoms with Gasteiger partial charge in [0.15, 0.2) is 0 Å². The second-order valence-electron chi connectivity index (χ2n) is 4.92. The number of hydrogen-bond donors (Lipinski definition) is 1. The molecule has 0 fully saturated rings. The molecule has 102 valence electrons. The Morgan fingerprint density at radius 3 is 2.56 bits per heavy atom. The highest BCUT2D eigenvalue weighted by atomic mass is 32.2. The van der Waals surface area contributed by atoms with Gasteiger partial charge in [0, 0.05) is 11.6 Å². The average molecular weight is 271 g/mol. The van der Waals surface area contributed by atoms with Crippen LogP contribution in [0.5, 0.6) is 5.75 Å². The van der Waals surface area contributed by atoms with Crippen LogP contribution in [0.15, 0.2) is 29.2 Å². The second-order valence-corrected chi connectivity index (χ2v) is 6.60. The first-order valence-electron chi connectivity index (χ1n) is 5.99. The molecule has 0 radical (unpaired) electrons. The summed E-state index contributed by atoms with van der Waals surface area (Å²) in [4.78, 5) is 0.228. The van der Waals surface area contributed by atoms with Crippen LogP contribution in [-0.2, 0) is 10.0 Å². The lowest BCUT2D eigenvalue weighted by Crippen LogP contribution is -2.43. The number of benzene rings is 1. The first kappa shape index (κ1) is 15.0. The number of hydrogen-bond acceptors (Lipinski definition) is 3. The Labute approximate surface area is 109 Å². The van der Waals surface area contributed by atoms with Crippen LogP contribution in [0.2, 0.25) is 0 Å². The summed E-state index contributed by atoms with van der Waals surface area (Å²) in [6, 6.07) is 6.47. The molecular formula is C13H21NO3S. The molecule has 0 heterocycles. The number of methoxy groups -OCH3 is 1. The summed E-state index contributed by atoms with van der Waals surface area (Å²) in [5.74, 6) is 0.533. The third-order valence-corrected chi connectivity index (χ3v) is 4.33. The molecule has 0 unspecified atom stereocenters. The molecule has 0 aliphatic rings. The standard InChI is InChI=1S/C13H21NO3S/c1-5-9-13(2,3)14-18(15,16)12-8-6-7-11(10-12)17-4/h6-8,10,14H,5,9H2,1-4H3. The Hall–Kier alpha value is -1.07. The number of ether oxygens (including phenoxy) is 1. The Morgan fingerprint density at radius 1 is 1.33 bits per heavy atom. The van der Waals surface area contributed by atoms with Gasteiger partial charge in [0.05, 0.1) is 12.0 Å². The lowest BCUT2D eigenvalue weighted by atomic mass is 10.0. The molecule has 0 atom stereocenters. The van der Waals surface area contributed by atoms with Gasteiger partial charge in [-0.1, -0.05) is 19.4 Å². The van der Waals surface area contributed by atoms with E-state index in [0.29, 0.717) is 5.75 Å². The zero-order chi connectivity index (χ0) is 13.8. The van der Waals surface area contributed by atoms with Crippen LogP contribution in [0, 0.1) is 0 Å². The van der Waals surface area contributed by atoms with Crippen molar-refractivity contribution in [2.45, 2.75) is 44.0 Å². The Kier molecular flexibility index (Phi) is 4.76. The summed E-state index contributed by atoms with van der Waals surface area (Å²) < 4.78 is 32.2. The molecular weight excluding hydrogens is 250 g/mol. The fourth-order valence-corrected chi connectivity index (χ4v) is 3.34. The molecule has 1 N–H and O–H groups in total. The van der Waals surface area contributed by atoms with Crippen LogP contribution in [0.1, 0.15) is 33.6 Å². The smallest absolute Gasteiger partial charge is 0.241 e. The van der Waals surface area contributed by atoms with Gasteiger partial charge in [-0.15, -0.1) is 0 Å². The largest absolute Gasteiger partial charge is 0.497 e. The molecule has 5 heteroatoms. The molecule has 1 rings (SSSR count). The predicted octanol–water partition coefficient (Wildman–Crippen LogP) is 2.55. The van der Waals surface area contributed by atoms with E-state index in [2.05, 4.69) is 4.72 Å². The third-order valence-electron chi connectivity index (χ3n) is 2.64. The second kappa shape index (κ2) is 5.71. The third kappa shape index (κ3) is 3.99. The van der Waals surface area contributed by atoms with Crippen LogP contribution < -0.4 is 9.46 Å². The van der Waals surface area contributed by atoms with Crippen LogP contribution >= 0.6 is 0 Å². The minimum atomic E-state index is -3.50. The Morgan fingerprint density at radius 2 is 2.00 bits per heavy atom. The SMILES string of the molecule is CCCC(C)(C)NS(=O)(=O)c1cccc(OC)c1. The summed E-state index contributed by atoms with van der Waals surface area (Å²) in [7, 11) is -1.99. The first-order chi connectivity index (χ1) is 8.30. The number of rotatable bonds is 6. The number of nitrogens with one attached hydrogen (secondary N) is 1. The van der Waals surface area contributed by atoms with Gasteiger partial charge < -0.3 is 4.74 Å². The normalized spacial score (nSPS) is 12.4. The minimum Gasteiger partial charge on any atom is -0.497 e. The zero-order valence-electron chi connectivity index (χ0n) is 11.4. The topological polar surface area (TPSA) is 55.4 Å². The lowest BCUT2D eigenvalue weighted by Gasteiger charge is -2.25. The van der Waals surface area contributed by atoms with Crippen molar-refractivity contribution in [3.8, 4) is 5.75 Å². The average Bonchev–Trinajstić information content (AvgIpc) is 2.27. The molecule has 0 aliphatic carbocycles. The van der Waals surface area contributed by atoms with E-state index in [1.165, 1.54) is 13.2 Å². The van der Waals surface area contributed by atoms with E-state index < -0.39 is 15.6 Å². The molecule has 0 bridgehead atoms. The quantitative estimate of drug-likeness (QED) is 0.865. The van der Waals surface area contributed by atoms with E-state index in [4.69, 9.17) is 4.74 Å². The molecule has 18 heavy (non-hydrogen) atoms. The molecule has 0 aliphatic heterocycles. The molecule has 0 aromatic heterocycles. The zero-order valence-corrected chi connectivity index (χ0v) is 12.2. The van der Waals surface area contributed by atoms with Gasteiger partial charge in [-0.2, -0.15) is 0 Å². The molecule has 1 aromatic rings. The van der Waals surface area contributed by atoms with Crippen LogP contribution in [0.4, 0.5) is 0 Å². The highest BCUT2D eigenvalue weighted by Gasteiger charge is 2.25. The van der Waals surface area contributed by atoms with E-state index in [1.807, 2.05) is 20.8 Å². The van der Waals surface area contributed by atoms with Crippen LogP contribution in [-0.4, -0.2) is 21.1 Å². The highest BCUT2D eigenvalue weighted by Crippen LogP contribution is 2.20. The highest BCUT2D eigenvalue weighted by molar-refractivity contribution is 7.89. The molecule has 0 spiro atoms. The van der Waals surface area contributed by atoms with E-state index >= 15 is 0 Å². The van der Waals surface area contributed by atoms with Crippen LogP contribution in [0.25, 0.3) is 0 Å². The molecule has 4 nitrogen and oxygen atoms in total. The van der Waals surface area contributed by atoms with Crippen molar-refractivity contribution in [1.82, 2.24) is 4.72 Å². The minimum absolute atomic E-state index is 0.228. The first-order valence-corrected chi connectivity index (χ1v) is 7.47. The maximum Gasteiger partial charge on any atom is 0.241 e. The van der Waals surface area contributed by atoms with E-state index in [0.717, 1.165) is 12.8 Å². The van der Waals surface area contributed by atoms with Gasteiger partial charge >= 0.3 is 0 Å².